The minimum Gasteiger partial charge on any atom is -0.355 e. The molecule has 0 aromatic carbocycles. The van der Waals surface area contributed by atoms with Crippen LogP contribution in [-0.4, -0.2) is 12.5 Å². The van der Waals surface area contributed by atoms with Gasteiger partial charge < -0.3 is 5.32 Å². The highest BCUT2D eigenvalue weighted by Gasteiger charge is 2.20. The molecule has 0 saturated heterocycles. The lowest BCUT2D eigenvalue weighted by molar-refractivity contribution is -0.128. The zero-order valence-corrected chi connectivity index (χ0v) is 8.90. The summed E-state index contributed by atoms with van der Waals surface area (Å²) < 4.78 is 0. The summed E-state index contributed by atoms with van der Waals surface area (Å²) >= 11 is 0. The normalized spacial score (nSPS) is 14.1. The molecule has 1 atom stereocenters. The predicted octanol–water partition coefficient (Wildman–Crippen LogP) is 2.19. The summed E-state index contributed by atoms with van der Waals surface area (Å²) in [5, 5.41) is 2.93. The minimum absolute atomic E-state index is 0.141. The molecule has 0 aromatic heterocycles. The van der Waals surface area contributed by atoms with Gasteiger partial charge >= 0.3 is 0 Å². The fourth-order valence-corrected chi connectivity index (χ4v) is 0.676. The highest BCUT2D eigenvalue weighted by atomic mass is 16.2. The van der Waals surface area contributed by atoms with Crippen LogP contribution in [-0.2, 0) is 4.79 Å². The fraction of sp³-hybridized carbons (Fsp3) is 0.900. The maximum Gasteiger partial charge on any atom is 0.225 e. The average Bonchev–Trinajstić information content (AvgIpc) is 1.97. The van der Waals surface area contributed by atoms with E-state index in [0.29, 0.717) is 5.92 Å². The Morgan fingerprint density at radius 2 is 1.92 bits per heavy atom. The van der Waals surface area contributed by atoms with E-state index in [1.165, 1.54) is 0 Å². The highest BCUT2D eigenvalue weighted by molar-refractivity contribution is 5.81. The first-order valence-electron chi connectivity index (χ1n) is 4.66. The topological polar surface area (TPSA) is 29.1 Å². The Kier molecular flexibility index (Phi) is 4.29. The molecule has 0 rings (SSSR count). The van der Waals surface area contributed by atoms with Gasteiger partial charge in [0.15, 0.2) is 0 Å². The van der Waals surface area contributed by atoms with Crippen molar-refractivity contribution in [1.82, 2.24) is 5.32 Å². The van der Waals surface area contributed by atoms with E-state index in [4.69, 9.17) is 0 Å². The Morgan fingerprint density at radius 1 is 1.42 bits per heavy atom. The second-order valence-electron chi connectivity index (χ2n) is 4.47. The van der Waals surface area contributed by atoms with E-state index in [2.05, 4.69) is 19.2 Å². The Labute approximate surface area is 75.7 Å². The van der Waals surface area contributed by atoms with Crippen molar-refractivity contribution in [3.05, 3.63) is 0 Å². The van der Waals surface area contributed by atoms with E-state index in [0.717, 1.165) is 13.0 Å². The lowest BCUT2D eigenvalue weighted by atomic mass is 9.95. The van der Waals surface area contributed by atoms with Crippen LogP contribution >= 0.6 is 0 Å². The van der Waals surface area contributed by atoms with Crippen molar-refractivity contribution < 1.29 is 4.79 Å². The van der Waals surface area contributed by atoms with Crippen LogP contribution in [0.3, 0.4) is 0 Å². The molecule has 12 heavy (non-hydrogen) atoms. The smallest absolute Gasteiger partial charge is 0.225 e. The lowest BCUT2D eigenvalue weighted by Gasteiger charge is -2.19. The average molecular weight is 171 g/mol. The first-order chi connectivity index (χ1) is 5.38. The lowest BCUT2D eigenvalue weighted by Crippen LogP contribution is -2.37. The van der Waals surface area contributed by atoms with Crippen molar-refractivity contribution in [3.63, 3.8) is 0 Å². The van der Waals surface area contributed by atoms with E-state index in [1.807, 2.05) is 20.8 Å². The number of carbonyl (C=O) groups excluding carboxylic acids is 1. The zero-order valence-electron chi connectivity index (χ0n) is 8.90. The molecule has 0 aliphatic rings. The van der Waals surface area contributed by atoms with E-state index >= 15 is 0 Å². The Bertz CT molecular complexity index is 146. The second kappa shape index (κ2) is 4.48. The molecule has 0 aliphatic heterocycles. The molecule has 0 aliphatic carbocycles. The largest absolute Gasteiger partial charge is 0.355 e. The Hall–Kier alpha value is -0.530. The van der Waals surface area contributed by atoms with E-state index in [9.17, 15) is 4.79 Å². The molecule has 72 valence electrons. The number of amides is 1. The molecule has 2 nitrogen and oxygen atoms in total. The van der Waals surface area contributed by atoms with Crippen molar-refractivity contribution >= 4 is 5.91 Å². The summed E-state index contributed by atoms with van der Waals surface area (Å²) in [5.74, 6) is 0.721. The number of hydrogen-bond donors (Lipinski definition) is 1. The van der Waals surface area contributed by atoms with E-state index in [-0.39, 0.29) is 11.3 Å². The molecule has 0 radical (unpaired) electrons. The Balaban J connectivity index is 3.73. The molecule has 0 fully saturated rings. The molecule has 1 amide bonds. The van der Waals surface area contributed by atoms with Crippen LogP contribution in [0.15, 0.2) is 0 Å². The van der Waals surface area contributed by atoms with E-state index < -0.39 is 0 Å². The highest BCUT2D eigenvalue weighted by Crippen LogP contribution is 2.12. The van der Waals surface area contributed by atoms with Crippen molar-refractivity contribution in [3.8, 4) is 0 Å². The number of nitrogens with one attached hydrogen (secondary N) is 1. The van der Waals surface area contributed by atoms with Crippen LogP contribution in [0.1, 0.15) is 41.0 Å². The van der Waals surface area contributed by atoms with Crippen LogP contribution in [0, 0.1) is 11.3 Å². The fourth-order valence-electron chi connectivity index (χ4n) is 0.676. The van der Waals surface area contributed by atoms with Gasteiger partial charge in [0.25, 0.3) is 0 Å². The molecule has 0 bridgehead atoms. The van der Waals surface area contributed by atoms with Crippen LogP contribution in [0.2, 0.25) is 0 Å². The standard InChI is InChI=1S/C10H21NO/c1-6-8(2)7-11-9(12)10(3,4)5/h8H,6-7H2,1-5H3,(H,11,12). The molecule has 0 aromatic rings. The van der Waals surface area contributed by atoms with Crippen LogP contribution in [0.25, 0.3) is 0 Å². The summed E-state index contributed by atoms with van der Waals surface area (Å²) in [6.45, 7) is 10.9. The summed E-state index contributed by atoms with van der Waals surface area (Å²) in [6, 6.07) is 0. The van der Waals surface area contributed by atoms with Gasteiger partial charge in [-0.25, -0.2) is 0 Å². The molecule has 1 N–H and O–H groups in total. The third-order valence-electron chi connectivity index (χ3n) is 1.99. The second-order valence-corrected chi connectivity index (χ2v) is 4.47. The van der Waals surface area contributed by atoms with Crippen LogP contribution in [0.5, 0.6) is 0 Å². The summed E-state index contributed by atoms with van der Waals surface area (Å²) in [4.78, 5) is 11.4. The molecule has 1 unspecified atom stereocenters. The van der Waals surface area contributed by atoms with Gasteiger partial charge in [-0.3, -0.25) is 4.79 Å². The van der Waals surface area contributed by atoms with Crippen LogP contribution < -0.4 is 5.32 Å². The van der Waals surface area contributed by atoms with Gasteiger partial charge in [0.05, 0.1) is 0 Å². The van der Waals surface area contributed by atoms with Crippen molar-refractivity contribution in [2.75, 3.05) is 6.54 Å². The molecule has 0 heterocycles. The molecular weight excluding hydrogens is 150 g/mol. The van der Waals surface area contributed by atoms with Gasteiger partial charge in [-0.05, 0) is 5.92 Å². The van der Waals surface area contributed by atoms with Crippen molar-refractivity contribution in [2.24, 2.45) is 11.3 Å². The molecular formula is C10H21NO. The maximum atomic E-state index is 11.4. The predicted molar refractivity (Wildman–Crippen MR) is 51.9 cm³/mol. The molecule has 0 saturated carbocycles. The van der Waals surface area contributed by atoms with Gasteiger partial charge in [-0.2, -0.15) is 0 Å². The van der Waals surface area contributed by atoms with Gasteiger partial charge in [-0.1, -0.05) is 41.0 Å². The first kappa shape index (κ1) is 11.5. The summed E-state index contributed by atoms with van der Waals surface area (Å²) in [7, 11) is 0. The van der Waals surface area contributed by atoms with Gasteiger partial charge in [0.2, 0.25) is 5.91 Å². The SMILES string of the molecule is CCC(C)CNC(=O)C(C)(C)C. The summed E-state index contributed by atoms with van der Waals surface area (Å²) in [6.07, 6.45) is 1.12. The zero-order chi connectivity index (χ0) is 9.78. The first-order valence-corrected chi connectivity index (χ1v) is 4.66. The molecule has 2 heteroatoms. The maximum absolute atomic E-state index is 11.4. The molecule has 0 spiro atoms. The van der Waals surface area contributed by atoms with Gasteiger partial charge in [-0.15, -0.1) is 0 Å². The van der Waals surface area contributed by atoms with Crippen molar-refractivity contribution in [1.29, 1.82) is 0 Å². The third-order valence-corrected chi connectivity index (χ3v) is 1.99. The number of hydrogen-bond acceptors (Lipinski definition) is 1. The van der Waals surface area contributed by atoms with Crippen molar-refractivity contribution in [2.45, 2.75) is 41.0 Å². The summed E-state index contributed by atoms with van der Waals surface area (Å²) in [5.41, 5.74) is -0.256. The van der Waals surface area contributed by atoms with Gasteiger partial charge in [0, 0.05) is 12.0 Å². The monoisotopic (exact) mass is 171 g/mol. The number of rotatable bonds is 3. The van der Waals surface area contributed by atoms with Gasteiger partial charge in [0.1, 0.15) is 0 Å². The minimum atomic E-state index is -0.256. The quantitative estimate of drug-likeness (QED) is 0.693. The van der Waals surface area contributed by atoms with E-state index in [1.54, 1.807) is 0 Å². The van der Waals surface area contributed by atoms with Crippen LogP contribution in [0.4, 0.5) is 0 Å². The third kappa shape index (κ3) is 4.37. The Morgan fingerprint density at radius 3 is 2.25 bits per heavy atom. The number of carbonyl (C=O) groups is 1.